The molecule has 2 N–H and O–H groups in total. The van der Waals surface area contributed by atoms with Crippen LogP contribution in [0.1, 0.15) is 36.2 Å². The van der Waals surface area contributed by atoms with E-state index in [1.54, 1.807) is 24.4 Å². The molecule has 0 aliphatic heterocycles. The van der Waals surface area contributed by atoms with Crippen molar-refractivity contribution in [3.63, 3.8) is 0 Å². The third kappa shape index (κ3) is 3.40. The molecule has 2 amide bonds. The van der Waals surface area contributed by atoms with E-state index in [0.29, 0.717) is 11.1 Å². The van der Waals surface area contributed by atoms with Crippen LogP contribution >= 0.6 is 0 Å². The highest BCUT2D eigenvalue weighted by Crippen LogP contribution is 2.32. The topological polar surface area (TPSA) is 84.2 Å². The number of aromatic nitrogens is 1. The minimum Gasteiger partial charge on any atom is -0.447 e. The zero-order chi connectivity index (χ0) is 18.8. The van der Waals surface area contributed by atoms with Gasteiger partial charge in [-0.1, -0.05) is 25.0 Å². The molecule has 4 rings (SSSR count). The summed E-state index contributed by atoms with van der Waals surface area (Å²) in [7, 11) is 0. The molecule has 138 valence electrons. The van der Waals surface area contributed by atoms with Gasteiger partial charge in [-0.15, -0.1) is 0 Å². The number of carbonyl (C=O) groups excluding carboxylic acids is 2. The Morgan fingerprint density at radius 1 is 1.07 bits per heavy atom. The molecule has 27 heavy (non-hydrogen) atoms. The van der Waals surface area contributed by atoms with Crippen LogP contribution in [-0.4, -0.2) is 16.8 Å². The van der Waals surface area contributed by atoms with Gasteiger partial charge in [0.05, 0.1) is 5.69 Å². The van der Waals surface area contributed by atoms with Gasteiger partial charge in [0.2, 0.25) is 11.7 Å². The molecule has 0 unspecified atom stereocenters. The number of hydrogen-bond acceptors (Lipinski definition) is 4. The lowest BCUT2D eigenvalue weighted by atomic mass is 10.1. The number of carbonyl (C=O) groups is 2. The van der Waals surface area contributed by atoms with E-state index in [9.17, 15) is 14.0 Å². The molecule has 1 saturated carbocycles. The highest BCUT2D eigenvalue weighted by atomic mass is 19.1. The minimum atomic E-state index is -0.653. The van der Waals surface area contributed by atoms with Gasteiger partial charge in [0.15, 0.2) is 5.58 Å². The molecule has 0 bridgehead atoms. The number of para-hydroxylation sites is 1. The number of hydrogen-bond donors (Lipinski definition) is 2. The molecule has 0 saturated heterocycles. The van der Waals surface area contributed by atoms with Crippen molar-refractivity contribution in [1.82, 2.24) is 4.98 Å². The predicted molar refractivity (Wildman–Crippen MR) is 98.9 cm³/mol. The standard InChI is InChI=1S/C20H18FN3O3/c21-13-8-3-4-9-14(13)23-20(26)18-17(16-15(27-18)10-5-11-22-16)24-19(25)12-6-1-2-7-12/h3-5,8-12H,1-2,6-7H2,(H,23,26)(H,24,25). The summed E-state index contributed by atoms with van der Waals surface area (Å²) in [5.41, 5.74) is 1.01. The Bertz CT molecular complexity index is 1010. The van der Waals surface area contributed by atoms with E-state index in [1.165, 1.54) is 18.2 Å². The Hall–Kier alpha value is -3.22. The van der Waals surface area contributed by atoms with E-state index < -0.39 is 11.7 Å². The SMILES string of the molecule is O=C(Nc1ccccc1F)c1oc2cccnc2c1NC(=O)C1CCCC1. The molecule has 1 fully saturated rings. The summed E-state index contributed by atoms with van der Waals surface area (Å²) in [5.74, 6) is -1.54. The van der Waals surface area contributed by atoms with Crippen LogP contribution in [0.4, 0.5) is 15.8 Å². The summed E-state index contributed by atoms with van der Waals surface area (Å²) in [4.78, 5) is 29.5. The number of nitrogens with one attached hydrogen (secondary N) is 2. The first kappa shape index (κ1) is 17.2. The van der Waals surface area contributed by atoms with E-state index in [4.69, 9.17) is 4.42 Å². The number of anilines is 2. The van der Waals surface area contributed by atoms with Gasteiger partial charge in [-0.05, 0) is 37.1 Å². The predicted octanol–water partition coefficient (Wildman–Crippen LogP) is 4.35. The van der Waals surface area contributed by atoms with Gasteiger partial charge in [0.25, 0.3) is 5.91 Å². The fourth-order valence-electron chi connectivity index (χ4n) is 3.36. The van der Waals surface area contributed by atoms with Crippen LogP contribution in [0.15, 0.2) is 47.0 Å². The summed E-state index contributed by atoms with van der Waals surface area (Å²) in [6, 6.07) is 9.18. The number of nitrogens with zero attached hydrogens (tertiary/aromatic N) is 1. The fourth-order valence-corrected chi connectivity index (χ4v) is 3.36. The fraction of sp³-hybridized carbons (Fsp3) is 0.250. The summed E-state index contributed by atoms with van der Waals surface area (Å²) in [6.45, 7) is 0. The first-order chi connectivity index (χ1) is 13.1. The maximum atomic E-state index is 13.9. The zero-order valence-corrected chi connectivity index (χ0v) is 14.5. The summed E-state index contributed by atoms with van der Waals surface area (Å²) in [6.07, 6.45) is 5.24. The van der Waals surface area contributed by atoms with Gasteiger partial charge in [-0.2, -0.15) is 0 Å². The second-order valence-electron chi connectivity index (χ2n) is 6.56. The van der Waals surface area contributed by atoms with Crippen LogP contribution in [0.3, 0.4) is 0 Å². The molecule has 0 spiro atoms. The summed E-state index contributed by atoms with van der Waals surface area (Å²) >= 11 is 0. The quantitative estimate of drug-likeness (QED) is 0.718. The number of rotatable bonds is 4. The van der Waals surface area contributed by atoms with Crippen molar-refractivity contribution in [3.8, 4) is 0 Å². The van der Waals surface area contributed by atoms with Crippen molar-refractivity contribution in [1.29, 1.82) is 0 Å². The van der Waals surface area contributed by atoms with Gasteiger partial charge in [-0.3, -0.25) is 14.6 Å². The third-order valence-corrected chi connectivity index (χ3v) is 4.75. The first-order valence-electron chi connectivity index (χ1n) is 8.88. The van der Waals surface area contributed by atoms with Crippen LogP contribution in [0.5, 0.6) is 0 Å². The average Bonchev–Trinajstić information content (AvgIpc) is 3.32. The van der Waals surface area contributed by atoms with Gasteiger partial charge in [-0.25, -0.2) is 4.39 Å². The summed E-state index contributed by atoms with van der Waals surface area (Å²) in [5, 5.41) is 5.29. The largest absolute Gasteiger partial charge is 0.447 e. The number of benzene rings is 1. The van der Waals surface area contributed by atoms with Crippen LogP contribution in [-0.2, 0) is 4.79 Å². The van der Waals surface area contributed by atoms with Gasteiger partial charge >= 0.3 is 0 Å². The van der Waals surface area contributed by atoms with Crippen molar-refractivity contribution in [2.45, 2.75) is 25.7 Å². The molecule has 1 aromatic carbocycles. The number of furan rings is 1. The Balaban J connectivity index is 1.68. The Morgan fingerprint density at radius 2 is 1.85 bits per heavy atom. The normalized spacial score (nSPS) is 14.4. The maximum Gasteiger partial charge on any atom is 0.293 e. The van der Waals surface area contributed by atoms with Crippen LogP contribution < -0.4 is 10.6 Å². The highest BCUT2D eigenvalue weighted by Gasteiger charge is 2.28. The van der Waals surface area contributed by atoms with Crippen LogP contribution in [0.2, 0.25) is 0 Å². The second-order valence-corrected chi connectivity index (χ2v) is 6.56. The van der Waals surface area contributed by atoms with Crippen molar-refractivity contribution >= 4 is 34.3 Å². The molecule has 7 heteroatoms. The average molecular weight is 367 g/mol. The molecular weight excluding hydrogens is 349 g/mol. The monoisotopic (exact) mass is 367 g/mol. The third-order valence-electron chi connectivity index (χ3n) is 4.75. The molecule has 3 aromatic rings. The number of amides is 2. The zero-order valence-electron chi connectivity index (χ0n) is 14.5. The smallest absolute Gasteiger partial charge is 0.293 e. The van der Waals surface area contributed by atoms with Crippen LogP contribution in [0.25, 0.3) is 11.1 Å². The first-order valence-corrected chi connectivity index (χ1v) is 8.88. The van der Waals surface area contributed by atoms with Crippen molar-refractivity contribution in [2.24, 2.45) is 5.92 Å². The Kier molecular flexibility index (Phi) is 4.58. The number of fused-ring (bicyclic) bond motifs is 1. The van der Waals surface area contributed by atoms with E-state index in [1.807, 2.05) is 0 Å². The Morgan fingerprint density at radius 3 is 2.63 bits per heavy atom. The maximum absolute atomic E-state index is 13.9. The lowest BCUT2D eigenvalue weighted by Crippen LogP contribution is -2.22. The van der Waals surface area contributed by atoms with E-state index >= 15 is 0 Å². The van der Waals surface area contributed by atoms with Crippen molar-refractivity contribution in [2.75, 3.05) is 10.6 Å². The molecule has 6 nitrogen and oxygen atoms in total. The number of halogens is 1. The van der Waals surface area contributed by atoms with Crippen molar-refractivity contribution in [3.05, 3.63) is 54.2 Å². The molecule has 0 radical (unpaired) electrons. The van der Waals surface area contributed by atoms with Gasteiger partial charge in [0, 0.05) is 12.1 Å². The Labute approximate surface area is 154 Å². The van der Waals surface area contributed by atoms with E-state index in [2.05, 4.69) is 15.6 Å². The number of pyridine rings is 1. The molecule has 1 aliphatic carbocycles. The van der Waals surface area contributed by atoms with Gasteiger partial charge < -0.3 is 15.1 Å². The second kappa shape index (κ2) is 7.19. The highest BCUT2D eigenvalue weighted by molar-refractivity contribution is 6.13. The van der Waals surface area contributed by atoms with Gasteiger partial charge in [0.1, 0.15) is 17.0 Å². The molecular formula is C20H18FN3O3. The lowest BCUT2D eigenvalue weighted by molar-refractivity contribution is -0.119. The minimum absolute atomic E-state index is 0.0315. The molecule has 2 heterocycles. The molecule has 2 aromatic heterocycles. The van der Waals surface area contributed by atoms with Crippen molar-refractivity contribution < 1.29 is 18.4 Å². The lowest BCUT2D eigenvalue weighted by Gasteiger charge is -2.11. The van der Waals surface area contributed by atoms with E-state index in [0.717, 1.165) is 25.7 Å². The summed E-state index contributed by atoms with van der Waals surface area (Å²) < 4.78 is 19.5. The molecule has 0 atom stereocenters. The van der Waals surface area contributed by atoms with E-state index in [-0.39, 0.29) is 29.0 Å². The van der Waals surface area contributed by atoms with Crippen LogP contribution in [0, 0.1) is 11.7 Å². The molecule has 1 aliphatic rings.